The Kier molecular flexibility index (Phi) is 0.476. The molecule has 0 aliphatic carbocycles. The third kappa shape index (κ3) is 0.281. The molecule has 2 aliphatic heterocycles. The molecule has 0 bridgehead atoms. The van der Waals surface area contributed by atoms with Gasteiger partial charge in [-0.1, -0.05) is 0 Å². The fourth-order valence-corrected chi connectivity index (χ4v) is 0.508. The van der Waals surface area contributed by atoms with Crippen molar-refractivity contribution in [2.75, 3.05) is 0 Å². The summed E-state index contributed by atoms with van der Waals surface area (Å²) in [6, 6.07) is 0. The summed E-state index contributed by atoms with van der Waals surface area (Å²) in [6.07, 6.45) is 1.50. The first-order chi connectivity index (χ1) is 3.97. The second-order valence-corrected chi connectivity index (χ2v) is 1.34. The van der Waals surface area contributed by atoms with E-state index in [0.717, 1.165) is 0 Å². The molecule has 0 saturated heterocycles. The summed E-state index contributed by atoms with van der Waals surface area (Å²) in [5.41, 5.74) is 0. The van der Waals surface area contributed by atoms with Gasteiger partial charge in [0.1, 0.15) is 0 Å². The third-order valence-electron chi connectivity index (χ3n) is 0.855. The molecule has 8 heavy (non-hydrogen) atoms. The lowest BCUT2D eigenvalue weighted by Gasteiger charge is -1.66. The average molecular weight is 110 g/mol. The van der Waals surface area contributed by atoms with Crippen LogP contribution in [0.4, 0.5) is 0 Å². The number of hydrogen-bond donors (Lipinski definition) is 1. The Bertz CT molecular complexity index is 203. The van der Waals surface area contributed by atoms with Crippen molar-refractivity contribution >= 4 is 0 Å². The van der Waals surface area contributed by atoms with Gasteiger partial charge in [0, 0.05) is 0 Å². The highest BCUT2D eigenvalue weighted by Crippen LogP contribution is 2.11. The van der Waals surface area contributed by atoms with Crippen molar-refractivity contribution in [3.8, 4) is 11.6 Å². The molecule has 0 aromatic carbocycles. The van der Waals surface area contributed by atoms with Crippen molar-refractivity contribution in [1.29, 1.82) is 0 Å². The lowest BCUT2D eigenvalue weighted by molar-refractivity contribution is 0.406. The number of hydrogen-bond acceptors (Lipinski definition) is 4. The number of aromatic amines is 1. The van der Waals surface area contributed by atoms with Crippen molar-refractivity contribution in [3.63, 3.8) is 0 Å². The summed E-state index contributed by atoms with van der Waals surface area (Å²) >= 11 is 0. The number of nitrogens with one attached hydrogen (secondary N) is 1. The largest absolute Gasteiger partial charge is 0.359 e. The van der Waals surface area contributed by atoms with Crippen molar-refractivity contribution in [1.82, 2.24) is 20.6 Å². The molecule has 2 rings (SSSR count). The maximum absolute atomic E-state index is 4.70. The van der Waals surface area contributed by atoms with Gasteiger partial charge in [-0.3, -0.25) is 0 Å². The molecular formula is C3H2N4O. The third-order valence-corrected chi connectivity index (χ3v) is 0.855. The molecule has 5 heteroatoms. The Labute approximate surface area is 44.0 Å². The Morgan fingerprint density at radius 2 is 2.62 bits per heavy atom. The number of fused-ring (bicyclic) bond motifs is 1. The van der Waals surface area contributed by atoms with Gasteiger partial charge in [0.2, 0.25) is 11.6 Å². The molecule has 0 unspecified atom stereocenters. The highest BCUT2D eigenvalue weighted by Gasteiger charge is 2.08. The lowest BCUT2D eigenvalue weighted by atomic mass is 10.5. The van der Waals surface area contributed by atoms with Gasteiger partial charge in [0.05, 0.1) is 6.20 Å². The number of H-pyrrole nitrogens is 1. The fourth-order valence-electron chi connectivity index (χ4n) is 0.508. The molecule has 0 radical (unpaired) electrons. The maximum Gasteiger partial charge on any atom is 0.243 e. The molecule has 0 fully saturated rings. The van der Waals surface area contributed by atoms with E-state index in [0.29, 0.717) is 11.6 Å². The summed E-state index contributed by atoms with van der Waals surface area (Å²) in [6.45, 7) is 0. The summed E-state index contributed by atoms with van der Waals surface area (Å²) in [4.78, 5) is 0. The van der Waals surface area contributed by atoms with E-state index in [1.165, 1.54) is 6.20 Å². The SMILES string of the molecule is c1nnc2n[nH]oc1-2. The van der Waals surface area contributed by atoms with Crippen LogP contribution in [0.3, 0.4) is 0 Å². The van der Waals surface area contributed by atoms with Crippen LogP contribution in [0.1, 0.15) is 0 Å². The van der Waals surface area contributed by atoms with E-state index in [9.17, 15) is 0 Å². The molecule has 0 amide bonds. The molecule has 0 aromatic rings. The summed E-state index contributed by atoms with van der Waals surface area (Å²) in [5, 5.41) is 13.0. The molecule has 40 valence electrons. The highest BCUT2D eigenvalue weighted by atomic mass is 16.5. The number of nitrogens with zero attached hydrogens (tertiary/aromatic N) is 3. The maximum atomic E-state index is 4.70. The van der Waals surface area contributed by atoms with Crippen molar-refractivity contribution in [2.24, 2.45) is 0 Å². The molecular weight excluding hydrogens is 108 g/mol. The number of aromatic nitrogens is 4. The zero-order valence-corrected chi connectivity index (χ0v) is 3.83. The minimum Gasteiger partial charge on any atom is -0.359 e. The summed E-state index contributed by atoms with van der Waals surface area (Å²) in [5.74, 6) is 1.11. The minimum absolute atomic E-state index is 0.519. The first-order valence-electron chi connectivity index (χ1n) is 2.08. The highest BCUT2D eigenvalue weighted by molar-refractivity contribution is 5.43. The van der Waals surface area contributed by atoms with Crippen LogP contribution in [0.2, 0.25) is 0 Å². The zero-order chi connectivity index (χ0) is 5.40. The van der Waals surface area contributed by atoms with Crippen LogP contribution >= 0.6 is 0 Å². The van der Waals surface area contributed by atoms with Gasteiger partial charge in [0.25, 0.3) is 0 Å². The molecule has 0 spiro atoms. The van der Waals surface area contributed by atoms with Crippen molar-refractivity contribution < 1.29 is 4.52 Å². The van der Waals surface area contributed by atoms with E-state index < -0.39 is 0 Å². The second-order valence-electron chi connectivity index (χ2n) is 1.34. The minimum atomic E-state index is 0.519. The van der Waals surface area contributed by atoms with E-state index in [1.54, 1.807) is 0 Å². The van der Waals surface area contributed by atoms with E-state index >= 15 is 0 Å². The molecule has 2 heterocycles. The van der Waals surface area contributed by atoms with Gasteiger partial charge < -0.3 is 4.52 Å². The Balaban J connectivity index is 2.84. The van der Waals surface area contributed by atoms with Gasteiger partial charge in [-0.15, -0.1) is 15.5 Å². The predicted octanol–water partition coefficient (Wildman–Crippen LogP) is -0.103. The Morgan fingerprint density at radius 3 is 3.50 bits per heavy atom. The second kappa shape index (κ2) is 1.06. The van der Waals surface area contributed by atoms with Crippen LogP contribution < -0.4 is 0 Å². The van der Waals surface area contributed by atoms with Crippen LogP contribution in [0.5, 0.6) is 0 Å². The van der Waals surface area contributed by atoms with Gasteiger partial charge in [0.15, 0.2) is 0 Å². The van der Waals surface area contributed by atoms with Gasteiger partial charge >= 0.3 is 0 Å². The Morgan fingerprint density at radius 1 is 1.62 bits per heavy atom. The molecule has 5 nitrogen and oxygen atoms in total. The smallest absolute Gasteiger partial charge is 0.243 e. The molecule has 0 atom stereocenters. The molecule has 0 saturated carbocycles. The fraction of sp³-hybridized carbons (Fsp3) is 0. The molecule has 1 N–H and O–H groups in total. The van der Waals surface area contributed by atoms with Crippen LogP contribution in [-0.4, -0.2) is 20.6 Å². The van der Waals surface area contributed by atoms with E-state index in [4.69, 9.17) is 4.52 Å². The average Bonchev–Trinajstić information content (AvgIpc) is 2.15. The summed E-state index contributed by atoms with van der Waals surface area (Å²) < 4.78 is 4.70. The van der Waals surface area contributed by atoms with Crippen LogP contribution in [-0.2, 0) is 0 Å². The van der Waals surface area contributed by atoms with E-state index in [2.05, 4.69) is 20.6 Å². The number of rotatable bonds is 0. The van der Waals surface area contributed by atoms with Crippen molar-refractivity contribution in [2.45, 2.75) is 0 Å². The van der Waals surface area contributed by atoms with E-state index in [-0.39, 0.29) is 0 Å². The zero-order valence-electron chi connectivity index (χ0n) is 3.83. The molecule has 2 aliphatic rings. The normalized spacial score (nSPS) is 10.5. The first kappa shape index (κ1) is 3.59. The standard InChI is InChI=1S/C3H2N4O/c1-2-3(5-4-1)6-7-8-2/h1,7H. The van der Waals surface area contributed by atoms with Crippen LogP contribution in [0, 0.1) is 0 Å². The van der Waals surface area contributed by atoms with Gasteiger partial charge in [-0.25, -0.2) is 0 Å². The van der Waals surface area contributed by atoms with E-state index in [1.807, 2.05) is 0 Å². The lowest BCUT2D eigenvalue weighted by Crippen LogP contribution is -1.71. The molecule has 0 aromatic heterocycles. The van der Waals surface area contributed by atoms with Crippen LogP contribution in [0.15, 0.2) is 10.7 Å². The first-order valence-corrected chi connectivity index (χ1v) is 2.08. The predicted molar refractivity (Wildman–Crippen MR) is 23.1 cm³/mol. The Hall–Kier alpha value is -1.39. The quantitative estimate of drug-likeness (QED) is 0.514. The monoisotopic (exact) mass is 110 g/mol. The topological polar surface area (TPSA) is 67.6 Å². The summed E-state index contributed by atoms with van der Waals surface area (Å²) in [7, 11) is 0. The van der Waals surface area contributed by atoms with Gasteiger partial charge in [-0.2, -0.15) is 5.10 Å². The van der Waals surface area contributed by atoms with Gasteiger partial charge in [-0.05, 0) is 0 Å². The van der Waals surface area contributed by atoms with Crippen molar-refractivity contribution in [3.05, 3.63) is 6.20 Å². The van der Waals surface area contributed by atoms with Crippen LogP contribution in [0.25, 0.3) is 11.6 Å².